The molecule has 0 radical (unpaired) electrons. The Morgan fingerprint density at radius 1 is 0.358 bits per heavy atom. The van der Waals surface area contributed by atoms with E-state index in [1.165, 1.54) is 75.8 Å². The van der Waals surface area contributed by atoms with Crippen LogP contribution < -0.4 is 4.90 Å². The summed E-state index contributed by atoms with van der Waals surface area (Å²) in [5.41, 5.74) is 16.3. The van der Waals surface area contributed by atoms with Gasteiger partial charge < -0.3 is 4.90 Å². The maximum Gasteiger partial charge on any atom is 0.0462 e. The molecule has 0 bridgehead atoms. The lowest BCUT2D eigenvalue weighted by atomic mass is 9.82. The van der Waals surface area contributed by atoms with E-state index in [0.29, 0.717) is 0 Å². The van der Waals surface area contributed by atoms with Gasteiger partial charge in [0, 0.05) is 42.6 Å². The van der Waals surface area contributed by atoms with E-state index in [0.717, 1.165) is 17.1 Å². The Balaban J connectivity index is 1.01. The highest BCUT2D eigenvalue weighted by Crippen LogP contribution is 2.51. The fourth-order valence-corrected chi connectivity index (χ4v) is 9.43. The van der Waals surface area contributed by atoms with E-state index in [1.807, 2.05) is 11.3 Å². The lowest BCUT2D eigenvalue weighted by Crippen LogP contribution is -2.14. The zero-order chi connectivity index (χ0) is 35.5. The summed E-state index contributed by atoms with van der Waals surface area (Å²) in [6.07, 6.45) is 0. The largest absolute Gasteiger partial charge is 0.311 e. The maximum absolute atomic E-state index is 2.46. The van der Waals surface area contributed by atoms with Gasteiger partial charge >= 0.3 is 0 Å². The fraction of sp³-hybridized carbons (Fsp3) is 0.0588. The highest BCUT2D eigenvalue weighted by molar-refractivity contribution is 7.25. The topological polar surface area (TPSA) is 3.24 Å². The first-order valence-corrected chi connectivity index (χ1v) is 19.2. The molecule has 1 nitrogen and oxygen atoms in total. The van der Waals surface area contributed by atoms with Crippen molar-refractivity contribution in [3.05, 3.63) is 199 Å². The molecular weight excluding hydrogens is 659 g/mol. The summed E-state index contributed by atoms with van der Waals surface area (Å²) in [5.74, 6) is 0. The monoisotopic (exact) mass is 695 g/mol. The summed E-state index contributed by atoms with van der Waals surface area (Å²) in [7, 11) is 0. The molecule has 252 valence electrons. The van der Waals surface area contributed by atoms with E-state index in [9.17, 15) is 0 Å². The quantitative estimate of drug-likeness (QED) is 0.167. The van der Waals surface area contributed by atoms with Crippen LogP contribution in [0.15, 0.2) is 188 Å². The fourth-order valence-electron chi connectivity index (χ4n) is 8.27. The van der Waals surface area contributed by atoms with Gasteiger partial charge in [-0.25, -0.2) is 0 Å². The van der Waals surface area contributed by atoms with Gasteiger partial charge in [0.25, 0.3) is 0 Å². The third kappa shape index (κ3) is 5.37. The van der Waals surface area contributed by atoms with Gasteiger partial charge in [0.2, 0.25) is 0 Å². The Labute approximate surface area is 315 Å². The van der Waals surface area contributed by atoms with Gasteiger partial charge in [0.1, 0.15) is 0 Å². The number of thiophene rings is 1. The van der Waals surface area contributed by atoms with Crippen LogP contribution in [0.3, 0.4) is 0 Å². The molecule has 0 saturated carbocycles. The van der Waals surface area contributed by atoms with Crippen molar-refractivity contribution in [3.63, 3.8) is 0 Å². The molecule has 10 rings (SSSR count). The second-order valence-corrected chi connectivity index (χ2v) is 15.7. The smallest absolute Gasteiger partial charge is 0.0462 e. The average Bonchev–Trinajstić information content (AvgIpc) is 3.69. The summed E-state index contributed by atoms with van der Waals surface area (Å²) >= 11 is 1.90. The molecule has 0 saturated heterocycles. The molecule has 0 atom stereocenters. The van der Waals surface area contributed by atoms with Crippen LogP contribution in [0.5, 0.6) is 0 Å². The molecule has 2 heteroatoms. The van der Waals surface area contributed by atoms with E-state index in [-0.39, 0.29) is 5.41 Å². The Morgan fingerprint density at radius 2 is 0.811 bits per heavy atom. The van der Waals surface area contributed by atoms with Crippen molar-refractivity contribution in [2.24, 2.45) is 0 Å². The second kappa shape index (κ2) is 12.5. The molecule has 0 amide bonds. The van der Waals surface area contributed by atoms with E-state index >= 15 is 0 Å². The van der Waals surface area contributed by atoms with Crippen LogP contribution in [0.2, 0.25) is 0 Å². The normalized spacial score (nSPS) is 12.9. The molecule has 1 aromatic heterocycles. The molecular formula is C51H37NS. The number of benzene rings is 8. The van der Waals surface area contributed by atoms with Crippen LogP contribution in [0.4, 0.5) is 17.1 Å². The van der Waals surface area contributed by atoms with Gasteiger partial charge in [-0.3, -0.25) is 0 Å². The van der Waals surface area contributed by atoms with Crippen LogP contribution >= 0.6 is 11.3 Å². The van der Waals surface area contributed by atoms with Crippen LogP contribution in [-0.4, -0.2) is 0 Å². The Morgan fingerprint density at radius 3 is 1.38 bits per heavy atom. The molecule has 9 aromatic rings. The van der Waals surface area contributed by atoms with Gasteiger partial charge in [-0.2, -0.15) is 0 Å². The molecule has 0 spiro atoms. The Hall–Kier alpha value is -6.22. The minimum atomic E-state index is -0.00217. The molecule has 1 heterocycles. The molecule has 0 N–H and O–H groups in total. The number of fused-ring (bicyclic) bond motifs is 6. The van der Waals surface area contributed by atoms with Crippen molar-refractivity contribution in [2.75, 3.05) is 4.90 Å². The van der Waals surface area contributed by atoms with Crippen molar-refractivity contribution in [1.29, 1.82) is 0 Å². The summed E-state index contributed by atoms with van der Waals surface area (Å²) < 4.78 is 2.68. The van der Waals surface area contributed by atoms with Crippen molar-refractivity contribution >= 4 is 48.6 Å². The van der Waals surface area contributed by atoms with Crippen molar-refractivity contribution in [1.82, 2.24) is 0 Å². The number of rotatable bonds is 6. The molecule has 8 aromatic carbocycles. The maximum atomic E-state index is 2.46. The third-order valence-corrected chi connectivity index (χ3v) is 12.2. The van der Waals surface area contributed by atoms with Crippen molar-refractivity contribution < 1.29 is 0 Å². The minimum Gasteiger partial charge on any atom is -0.311 e. The Kier molecular flexibility index (Phi) is 7.42. The predicted molar refractivity (Wildman–Crippen MR) is 228 cm³/mol. The summed E-state index contributed by atoms with van der Waals surface area (Å²) in [4.78, 5) is 2.35. The van der Waals surface area contributed by atoms with E-state index in [2.05, 4.69) is 207 Å². The van der Waals surface area contributed by atoms with Gasteiger partial charge in [0.05, 0.1) is 0 Å². The second-order valence-electron chi connectivity index (χ2n) is 14.6. The van der Waals surface area contributed by atoms with Crippen LogP contribution in [-0.2, 0) is 5.41 Å². The van der Waals surface area contributed by atoms with Crippen molar-refractivity contribution in [2.45, 2.75) is 19.3 Å². The summed E-state index contributed by atoms with van der Waals surface area (Å²) in [6, 6.07) is 68.8. The van der Waals surface area contributed by atoms with Crippen LogP contribution in [0.25, 0.3) is 64.7 Å². The number of hydrogen-bond donors (Lipinski definition) is 0. The highest BCUT2D eigenvalue weighted by atomic mass is 32.1. The van der Waals surface area contributed by atoms with Gasteiger partial charge in [-0.15, -0.1) is 11.3 Å². The minimum absolute atomic E-state index is 0.00217. The zero-order valence-corrected chi connectivity index (χ0v) is 30.6. The van der Waals surface area contributed by atoms with Crippen LogP contribution in [0.1, 0.15) is 25.0 Å². The lowest BCUT2D eigenvalue weighted by Gasteiger charge is -2.26. The predicted octanol–water partition coefficient (Wildman–Crippen LogP) is 14.8. The van der Waals surface area contributed by atoms with E-state index in [4.69, 9.17) is 0 Å². The molecule has 1 aliphatic carbocycles. The number of nitrogens with zero attached hydrogens (tertiary/aromatic N) is 1. The number of hydrogen-bond acceptors (Lipinski definition) is 2. The molecule has 0 fully saturated rings. The number of anilines is 3. The summed E-state index contributed by atoms with van der Waals surface area (Å²) in [6.45, 7) is 4.72. The molecule has 0 unspecified atom stereocenters. The SMILES string of the molecule is CC1(C)c2ccccc2-c2cc3sc4cc(-c5ccc(N(c6ccc(-c7ccccc7)cc6)c6ccc(-c7ccccc7)cc6)cc5)ccc4c3cc21. The van der Waals surface area contributed by atoms with E-state index in [1.54, 1.807) is 0 Å². The van der Waals surface area contributed by atoms with Gasteiger partial charge in [0.15, 0.2) is 0 Å². The zero-order valence-electron chi connectivity index (χ0n) is 29.8. The van der Waals surface area contributed by atoms with Crippen molar-refractivity contribution in [3.8, 4) is 44.5 Å². The average molecular weight is 696 g/mol. The van der Waals surface area contributed by atoms with Gasteiger partial charge in [-0.1, -0.05) is 147 Å². The third-order valence-electron chi connectivity index (χ3n) is 11.1. The van der Waals surface area contributed by atoms with Gasteiger partial charge in [-0.05, 0) is 110 Å². The first kappa shape index (κ1) is 31.5. The highest BCUT2D eigenvalue weighted by Gasteiger charge is 2.35. The molecule has 53 heavy (non-hydrogen) atoms. The first-order valence-electron chi connectivity index (χ1n) is 18.3. The first-order chi connectivity index (χ1) is 26.0. The van der Waals surface area contributed by atoms with E-state index < -0.39 is 0 Å². The summed E-state index contributed by atoms with van der Waals surface area (Å²) in [5, 5.41) is 2.70. The molecule has 0 aliphatic heterocycles. The molecule has 1 aliphatic rings. The van der Waals surface area contributed by atoms with Crippen LogP contribution in [0, 0.1) is 0 Å². The Bertz CT molecular complexity index is 2670. The standard InChI is InChI=1S/C51H37NS/c1-51(2)47-16-10-9-15-43(47)45-33-50-46(32-48(45)51)44-30-23-39(31-49(44)53-50)38-21-28-42(29-22-38)52(40-24-17-36(18-25-40)34-11-5-3-6-12-34)41-26-19-37(20-27-41)35-13-7-4-8-14-35/h3-33H,1-2H3. The lowest BCUT2D eigenvalue weighted by molar-refractivity contribution is 0.661.